The van der Waals surface area contributed by atoms with Crippen LogP contribution in [0.25, 0.3) is 0 Å². The van der Waals surface area contributed by atoms with E-state index in [-0.39, 0.29) is 18.8 Å². The van der Waals surface area contributed by atoms with Crippen LogP contribution in [-0.2, 0) is 13.8 Å². The van der Waals surface area contributed by atoms with E-state index in [4.69, 9.17) is 10.7 Å². The maximum atomic E-state index is 12.1. The van der Waals surface area contributed by atoms with Gasteiger partial charge in [0, 0.05) is 24.2 Å². The summed E-state index contributed by atoms with van der Waals surface area (Å²) in [5, 5.41) is 0. The Bertz CT molecular complexity index is 235. The zero-order valence-electron chi connectivity index (χ0n) is 7.10. The average Bonchev–Trinajstić information content (AvgIpc) is 1.81. The second kappa shape index (κ2) is 5.07. The molecule has 0 aromatic rings. The molecule has 13 heavy (non-hydrogen) atoms. The summed E-state index contributed by atoms with van der Waals surface area (Å²) < 4.78 is 49.5. The minimum absolute atomic E-state index is 0.0324. The highest BCUT2D eigenvalue weighted by atomic mass is 35.7. The molecule has 0 saturated heterocycles. The Morgan fingerprint density at radius 3 is 2.38 bits per heavy atom. The van der Waals surface area contributed by atoms with Gasteiger partial charge in [-0.2, -0.15) is 0 Å². The first-order chi connectivity index (χ1) is 5.71. The van der Waals surface area contributed by atoms with Crippen LogP contribution in [0.5, 0.6) is 0 Å². The maximum absolute atomic E-state index is 12.1. The van der Waals surface area contributed by atoms with Gasteiger partial charge in [0.1, 0.15) is 6.61 Å². The molecule has 0 radical (unpaired) electrons. The predicted octanol–water partition coefficient (Wildman–Crippen LogP) is 1.62. The third kappa shape index (κ3) is 12.1. The number of alkyl halides is 2. The zero-order chi connectivity index (χ0) is 10.5. The third-order valence-corrected chi connectivity index (χ3v) is 2.27. The summed E-state index contributed by atoms with van der Waals surface area (Å²) in [7, 11) is 1.34. The summed E-state index contributed by atoms with van der Waals surface area (Å²) in [5.41, 5.74) is 0. The van der Waals surface area contributed by atoms with E-state index in [0.717, 1.165) is 6.92 Å². The fourth-order valence-corrected chi connectivity index (χ4v) is 1.37. The summed E-state index contributed by atoms with van der Waals surface area (Å²) in [6.45, 7) is -0.00396. The Morgan fingerprint density at radius 1 is 1.46 bits per heavy atom. The van der Waals surface area contributed by atoms with Crippen molar-refractivity contribution in [3.63, 3.8) is 0 Å². The Hall–Kier alpha value is 0.0600. The van der Waals surface area contributed by atoms with Crippen LogP contribution in [0.2, 0.25) is 0 Å². The van der Waals surface area contributed by atoms with Crippen LogP contribution < -0.4 is 0 Å². The van der Waals surface area contributed by atoms with Gasteiger partial charge in [0.15, 0.2) is 0 Å². The zero-order valence-corrected chi connectivity index (χ0v) is 8.67. The molecule has 0 unspecified atom stereocenters. The van der Waals surface area contributed by atoms with Gasteiger partial charge in [-0.1, -0.05) is 0 Å². The fourth-order valence-electron chi connectivity index (χ4n) is 0.585. The summed E-state index contributed by atoms with van der Waals surface area (Å²) in [4.78, 5) is 0. The molecule has 0 aromatic carbocycles. The second-order valence-corrected chi connectivity index (χ2v) is 5.62. The predicted molar refractivity (Wildman–Crippen MR) is 45.7 cm³/mol. The molecule has 7 heteroatoms. The van der Waals surface area contributed by atoms with E-state index < -0.39 is 21.6 Å². The summed E-state index contributed by atoms with van der Waals surface area (Å²) >= 11 is 0. The number of ether oxygens (including phenoxy) is 1. The molecule has 0 heterocycles. The first-order valence-electron chi connectivity index (χ1n) is 3.59. The van der Waals surface area contributed by atoms with Gasteiger partial charge in [-0.15, -0.1) is 0 Å². The molecule has 0 spiro atoms. The van der Waals surface area contributed by atoms with Crippen LogP contribution in [0.1, 0.15) is 13.3 Å². The lowest BCUT2D eigenvalue weighted by atomic mass is 10.4. The molecular weight excluding hydrogens is 226 g/mol. The molecule has 0 aliphatic rings. The van der Waals surface area contributed by atoms with Crippen molar-refractivity contribution < 1.29 is 21.9 Å². The minimum atomic E-state index is -3.54. The van der Waals surface area contributed by atoms with E-state index in [2.05, 4.69) is 4.74 Å². The largest absolute Gasteiger partial charge is 0.375 e. The smallest absolute Gasteiger partial charge is 0.268 e. The molecule has 0 aliphatic heterocycles. The van der Waals surface area contributed by atoms with Crippen LogP contribution in [0.3, 0.4) is 0 Å². The van der Waals surface area contributed by atoms with Crippen LogP contribution in [0, 0.1) is 0 Å². The van der Waals surface area contributed by atoms with Gasteiger partial charge in [0.2, 0.25) is 9.05 Å². The van der Waals surface area contributed by atoms with E-state index >= 15 is 0 Å². The van der Waals surface area contributed by atoms with Gasteiger partial charge in [-0.3, -0.25) is 0 Å². The Labute approximate surface area is 80.4 Å². The number of hydrogen-bond donors (Lipinski definition) is 0. The fraction of sp³-hybridized carbons (Fsp3) is 1.00. The Balaban J connectivity index is 3.39. The molecule has 0 N–H and O–H groups in total. The lowest BCUT2D eigenvalue weighted by Crippen LogP contribution is -2.19. The van der Waals surface area contributed by atoms with Crippen molar-refractivity contribution in [1.82, 2.24) is 0 Å². The van der Waals surface area contributed by atoms with E-state index in [1.807, 2.05) is 0 Å². The standard InChI is InChI=1S/C6H11ClF2O3S/c1-6(8,9)5-12-3-2-4-13(7,10)11/h2-5H2,1H3. The monoisotopic (exact) mass is 236 g/mol. The molecule has 3 nitrogen and oxygen atoms in total. The molecule has 0 saturated carbocycles. The highest BCUT2D eigenvalue weighted by Gasteiger charge is 2.20. The van der Waals surface area contributed by atoms with Crippen molar-refractivity contribution in [2.24, 2.45) is 0 Å². The number of halogens is 3. The van der Waals surface area contributed by atoms with Gasteiger partial charge >= 0.3 is 0 Å². The van der Waals surface area contributed by atoms with Gasteiger partial charge in [-0.25, -0.2) is 17.2 Å². The lowest BCUT2D eigenvalue weighted by Gasteiger charge is -2.09. The van der Waals surface area contributed by atoms with Crippen LogP contribution in [-0.4, -0.2) is 33.3 Å². The van der Waals surface area contributed by atoms with Gasteiger partial charge in [0.25, 0.3) is 5.92 Å². The Kier molecular flexibility index (Phi) is 5.09. The van der Waals surface area contributed by atoms with Crippen molar-refractivity contribution in [1.29, 1.82) is 0 Å². The summed E-state index contributed by atoms with van der Waals surface area (Å²) in [6.07, 6.45) is 0.127. The highest BCUT2D eigenvalue weighted by Crippen LogP contribution is 2.11. The van der Waals surface area contributed by atoms with E-state index in [0.29, 0.717) is 0 Å². The maximum Gasteiger partial charge on any atom is 0.268 e. The molecule has 0 aliphatic carbocycles. The Morgan fingerprint density at radius 2 is 2.00 bits per heavy atom. The van der Waals surface area contributed by atoms with Crippen molar-refractivity contribution >= 4 is 19.7 Å². The molecule has 0 aromatic heterocycles. The first kappa shape index (κ1) is 13.1. The van der Waals surface area contributed by atoms with E-state index in [9.17, 15) is 17.2 Å². The SMILES string of the molecule is CC(F)(F)COCCCS(=O)(=O)Cl. The average molecular weight is 237 g/mol. The summed E-state index contributed by atoms with van der Waals surface area (Å²) in [5.74, 6) is -3.14. The first-order valence-corrected chi connectivity index (χ1v) is 6.06. The minimum Gasteiger partial charge on any atom is -0.375 e. The van der Waals surface area contributed by atoms with Crippen LogP contribution >= 0.6 is 10.7 Å². The number of hydrogen-bond acceptors (Lipinski definition) is 3. The molecule has 0 fully saturated rings. The van der Waals surface area contributed by atoms with E-state index in [1.165, 1.54) is 0 Å². The molecule has 0 rings (SSSR count). The molecule has 80 valence electrons. The van der Waals surface area contributed by atoms with Crippen molar-refractivity contribution in [2.45, 2.75) is 19.3 Å². The second-order valence-electron chi connectivity index (χ2n) is 2.72. The van der Waals surface area contributed by atoms with Crippen molar-refractivity contribution in [2.75, 3.05) is 19.0 Å². The highest BCUT2D eigenvalue weighted by molar-refractivity contribution is 8.13. The molecule has 0 bridgehead atoms. The van der Waals surface area contributed by atoms with Gasteiger partial charge in [0.05, 0.1) is 5.75 Å². The van der Waals surface area contributed by atoms with Crippen LogP contribution in [0.15, 0.2) is 0 Å². The van der Waals surface area contributed by atoms with Crippen molar-refractivity contribution in [3.8, 4) is 0 Å². The topological polar surface area (TPSA) is 43.4 Å². The lowest BCUT2D eigenvalue weighted by molar-refractivity contribution is -0.0620. The molecule has 0 amide bonds. The van der Waals surface area contributed by atoms with Gasteiger partial charge < -0.3 is 4.74 Å². The summed E-state index contributed by atoms with van der Waals surface area (Å²) in [6, 6.07) is 0. The molecule has 0 atom stereocenters. The van der Waals surface area contributed by atoms with Gasteiger partial charge in [-0.05, 0) is 6.42 Å². The van der Waals surface area contributed by atoms with Crippen LogP contribution in [0.4, 0.5) is 8.78 Å². The quantitative estimate of drug-likeness (QED) is 0.520. The van der Waals surface area contributed by atoms with Crippen molar-refractivity contribution in [3.05, 3.63) is 0 Å². The number of rotatable bonds is 6. The third-order valence-electron chi connectivity index (χ3n) is 1.03. The molecular formula is C6H11ClF2O3S. The van der Waals surface area contributed by atoms with E-state index in [1.54, 1.807) is 0 Å². The normalized spacial score (nSPS) is 13.2.